The number of carbonyl (C=O) groups is 1. The average Bonchev–Trinajstić information content (AvgIpc) is 3.21. The lowest BCUT2D eigenvalue weighted by Crippen LogP contribution is -2.32. The first-order chi connectivity index (χ1) is 13.3. The van der Waals surface area contributed by atoms with Crippen molar-refractivity contribution in [2.75, 3.05) is 23.7 Å². The maximum Gasteiger partial charge on any atom is 0.246 e. The number of rotatable bonds is 6. The van der Waals surface area contributed by atoms with Gasteiger partial charge in [-0.2, -0.15) is 4.31 Å². The van der Waals surface area contributed by atoms with Gasteiger partial charge < -0.3 is 10.6 Å². The zero-order valence-corrected chi connectivity index (χ0v) is 17.3. The summed E-state index contributed by atoms with van der Waals surface area (Å²) in [5.41, 5.74) is 3.82. The van der Waals surface area contributed by atoms with Gasteiger partial charge in [-0.15, -0.1) is 0 Å². The van der Waals surface area contributed by atoms with Crippen LogP contribution in [0.3, 0.4) is 0 Å². The molecule has 6 nitrogen and oxygen atoms in total. The third-order valence-electron chi connectivity index (χ3n) is 5.11. The number of benzene rings is 2. The van der Waals surface area contributed by atoms with Crippen LogP contribution < -0.4 is 10.6 Å². The summed E-state index contributed by atoms with van der Waals surface area (Å²) >= 11 is 0. The fourth-order valence-electron chi connectivity index (χ4n) is 3.19. The molecular weight excluding hydrogens is 374 g/mol. The molecule has 0 unspecified atom stereocenters. The summed E-state index contributed by atoms with van der Waals surface area (Å²) in [6, 6.07) is 11.9. The lowest BCUT2D eigenvalue weighted by Gasteiger charge is -2.17. The lowest BCUT2D eigenvalue weighted by atomic mass is 10.1. The number of sulfonamides is 1. The quantitative estimate of drug-likeness (QED) is 0.776. The molecule has 0 radical (unpaired) electrons. The largest absolute Gasteiger partial charge is 0.374 e. The molecule has 2 N–H and O–H groups in total. The number of carbonyl (C=O) groups excluding carboxylic acids is 1. The summed E-state index contributed by atoms with van der Waals surface area (Å²) in [5.74, 6) is -0.187. The van der Waals surface area contributed by atoms with Gasteiger partial charge in [0.2, 0.25) is 15.9 Å². The van der Waals surface area contributed by atoms with Crippen molar-refractivity contribution in [1.29, 1.82) is 0 Å². The fraction of sp³-hybridized carbons (Fsp3) is 0.381. The number of anilines is 2. The van der Waals surface area contributed by atoms with E-state index in [1.165, 1.54) is 9.87 Å². The van der Waals surface area contributed by atoms with E-state index in [1.807, 2.05) is 32.0 Å². The topological polar surface area (TPSA) is 78.5 Å². The van der Waals surface area contributed by atoms with Crippen molar-refractivity contribution in [3.05, 3.63) is 53.6 Å². The maximum absolute atomic E-state index is 12.6. The molecule has 150 valence electrons. The molecule has 1 fully saturated rings. The Bertz CT molecular complexity index is 949. The van der Waals surface area contributed by atoms with E-state index < -0.39 is 16.1 Å². The first kappa shape index (κ1) is 20.4. The molecular formula is C21H27N3O3S. The average molecular weight is 402 g/mol. The van der Waals surface area contributed by atoms with Crippen LogP contribution in [0.5, 0.6) is 0 Å². The molecule has 1 aliphatic rings. The number of nitrogens with zero attached hydrogens (tertiary/aromatic N) is 1. The van der Waals surface area contributed by atoms with Gasteiger partial charge in [0, 0.05) is 24.5 Å². The van der Waals surface area contributed by atoms with E-state index in [-0.39, 0.29) is 10.8 Å². The summed E-state index contributed by atoms with van der Waals surface area (Å²) in [6.45, 7) is 7.01. The smallest absolute Gasteiger partial charge is 0.246 e. The van der Waals surface area contributed by atoms with Gasteiger partial charge in [0.15, 0.2) is 0 Å². The second-order valence-electron chi connectivity index (χ2n) is 7.29. The van der Waals surface area contributed by atoms with Crippen molar-refractivity contribution in [3.63, 3.8) is 0 Å². The van der Waals surface area contributed by atoms with E-state index in [0.717, 1.165) is 24.1 Å². The molecule has 3 rings (SSSR count). The Morgan fingerprint density at radius 2 is 1.57 bits per heavy atom. The fourth-order valence-corrected chi connectivity index (χ4v) is 4.70. The number of nitrogens with one attached hydrogen (secondary N) is 2. The second kappa shape index (κ2) is 8.32. The van der Waals surface area contributed by atoms with Crippen molar-refractivity contribution in [1.82, 2.24) is 4.31 Å². The minimum Gasteiger partial charge on any atom is -0.374 e. The second-order valence-corrected chi connectivity index (χ2v) is 9.23. The highest BCUT2D eigenvalue weighted by atomic mass is 32.2. The Morgan fingerprint density at radius 1 is 0.964 bits per heavy atom. The van der Waals surface area contributed by atoms with Gasteiger partial charge in [-0.05, 0) is 81.1 Å². The van der Waals surface area contributed by atoms with E-state index in [4.69, 9.17) is 0 Å². The zero-order chi connectivity index (χ0) is 20.3. The molecule has 28 heavy (non-hydrogen) atoms. The van der Waals surface area contributed by atoms with Crippen LogP contribution >= 0.6 is 0 Å². The minimum absolute atomic E-state index is 0.187. The van der Waals surface area contributed by atoms with Crippen LogP contribution in [0.25, 0.3) is 0 Å². The van der Waals surface area contributed by atoms with Gasteiger partial charge in [0.05, 0.1) is 4.90 Å². The van der Waals surface area contributed by atoms with Crippen molar-refractivity contribution >= 4 is 27.3 Å². The van der Waals surface area contributed by atoms with Gasteiger partial charge in [-0.3, -0.25) is 4.79 Å². The molecule has 0 aliphatic carbocycles. The Hall–Kier alpha value is -2.38. The summed E-state index contributed by atoms with van der Waals surface area (Å²) in [7, 11) is -3.44. The molecule has 0 bridgehead atoms. The van der Waals surface area contributed by atoms with Crippen LogP contribution in [-0.2, 0) is 14.8 Å². The maximum atomic E-state index is 12.6. The molecule has 0 saturated carbocycles. The van der Waals surface area contributed by atoms with Crippen LogP contribution in [0, 0.1) is 13.8 Å². The molecule has 1 saturated heterocycles. The van der Waals surface area contributed by atoms with Crippen LogP contribution in [0.15, 0.2) is 47.4 Å². The SMILES string of the molecule is Cc1ccc(N[C@@H](C)C(=O)Nc2ccc(S(=O)(=O)N3CCCC3)cc2)cc1C. The van der Waals surface area contributed by atoms with E-state index in [9.17, 15) is 13.2 Å². The number of hydrogen-bond acceptors (Lipinski definition) is 4. The molecule has 2 aromatic carbocycles. The van der Waals surface area contributed by atoms with Crippen molar-refractivity contribution < 1.29 is 13.2 Å². The first-order valence-electron chi connectivity index (χ1n) is 9.52. The molecule has 1 aliphatic heterocycles. The highest BCUT2D eigenvalue weighted by Gasteiger charge is 2.27. The zero-order valence-electron chi connectivity index (χ0n) is 16.5. The minimum atomic E-state index is -3.44. The molecule has 7 heteroatoms. The van der Waals surface area contributed by atoms with Crippen LogP contribution in [0.4, 0.5) is 11.4 Å². The highest BCUT2D eigenvalue weighted by Crippen LogP contribution is 2.22. The van der Waals surface area contributed by atoms with Crippen LogP contribution in [-0.4, -0.2) is 37.8 Å². The number of amides is 1. The predicted molar refractivity (Wildman–Crippen MR) is 112 cm³/mol. The van der Waals surface area contributed by atoms with Gasteiger partial charge in [-0.1, -0.05) is 6.07 Å². The third kappa shape index (κ3) is 4.54. The van der Waals surface area contributed by atoms with Crippen molar-refractivity contribution in [2.24, 2.45) is 0 Å². The summed E-state index contributed by atoms with van der Waals surface area (Å²) in [6.07, 6.45) is 1.80. The van der Waals surface area contributed by atoms with Crippen LogP contribution in [0.2, 0.25) is 0 Å². The summed E-state index contributed by atoms with van der Waals surface area (Å²) in [5, 5.41) is 6.01. The Kier molecular flexibility index (Phi) is 6.05. The molecule has 0 aromatic heterocycles. The molecule has 2 aromatic rings. The molecule has 1 amide bonds. The van der Waals surface area contributed by atoms with Crippen molar-refractivity contribution in [2.45, 2.75) is 44.6 Å². The van der Waals surface area contributed by atoms with Gasteiger partial charge in [-0.25, -0.2) is 8.42 Å². The number of aryl methyl sites for hydroxylation is 2. The Morgan fingerprint density at radius 3 is 2.18 bits per heavy atom. The Balaban J connectivity index is 1.62. The van der Waals surface area contributed by atoms with Crippen LogP contribution in [0.1, 0.15) is 30.9 Å². The summed E-state index contributed by atoms with van der Waals surface area (Å²) < 4.78 is 26.6. The highest BCUT2D eigenvalue weighted by molar-refractivity contribution is 7.89. The molecule has 1 atom stereocenters. The van der Waals surface area contributed by atoms with E-state index in [0.29, 0.717) is 18.8 Å². The first-order valence-corrected chi connectivity index (χ1v) is 11.0. The van der Waals surface area contributed by atoms with Crippen molar-refractivity contribution in [3.8, 4) is 0 Å². The van der Waals surface area contributed by atoms with E-state index in [2.05, 4.69) is 10.6 Å². The Labute approximate surface area is 167 Å². The summed E-state index contributed by atoms with van der Waals surface area (Å²) in [4.78, 5) is 12.7. The lowest BCUT2D eigenvalue weighted by molar-refractivity contribution is -0.116. The van der Waals surface area contributed by atoms with E-state index >= 15 is 0 Å². The van der Waals surface area contributed by atoms with Gasteiger partial charge >= 0.3 is 0 Å². The molecule has 1 heterocycles. The standard InChI is InChI=1S/C21H27N3O3S/c1-15-6-7-19(14-16(15)2)22-17(3)21(25)23-18-8-10-20(11-9-18)28(26,27)24-12-4-5-13-24/h6-11,14,17,22H,4-5,12-13H2,1-3H3,(H,23,25)/t17-/m0/s1. The van der Waals surface area contributed by atoms with Gasteiger partial charge in [0.1, 0.15) is 6.04 Å². The van der Waals surface area contributed by atoms with E-state index in [1.54, 1.807) is 31.2 Å². The normalized spacial score (nSPS) is 16.0. The molecule has 0 spiro atoms. The number of hydrogen-bond donors (Lipinski definition) is 2. The monoisotopic (exact) mass is 401 g/mol. The van der Waals surface area contributed by atoms with Gasteiger partial charge in [0.25, 0.3) is 0 Å². The predicted octanol–water partition coefficient (Wildman–Crippen LogP) is 3.53. The third-order valence-corrected chi connectivity index (χ3v) is 7.02.